The highest BCUT2D eigenvalue weighted by Crippen LogP contribution is 2.17. The van der Waals surface area contributed by atoms with Gasteiger partial charge in [0.2, 0.25) is 0 Å². The summed E-state index contributed by atoms with van der Waals surface area (Å²) in [5.74, 6) is 0.220. The van der Waals surface area contributed by atoms with Crippen LogP contribution in [0.3, 0.4) is 0 Å². The minimum atomic E-state index is -0.118. The third-order valence-electron chi connectivity index (χ3n) is 2.92. The van der Waals surface area contributed by atoms with E-state index in [0.717, 1.165) is 12.0 Å². The van der Waals surface area contributed by atoms with Gasteiger partial charge in [0.05, 0.1) is 0 Å². The molecule has 1 aromatic carbocycles. The number of hydrogen-bond acceptors (Lipinski definition) is 3. The van der Waals surface area contributed by atoms with E-state index in [2.05, 4.69) is 15.9 Å². The minimum absolute atomic E-state index is 0. The van der Waals surface area contributed by atoms with E-state index in [1.165, 1.54) is 0 Å². The van der Waals surface area contributed by atoms with Crippen LogP contribution in [0.4, 0.5) is 0 Å². The largest absolute Gasteiger partial charge is 0.444 e. The van der Waals surface area contributed by atoms with E-state index in [0.29, 0.717) is 30.1 Å². The summed E-state index contributed by atoms with van der Waals surface area (Å²) in [6.45, 7) is 1.72. The van der Waals surface area contributed by atoms with Crippen LogP contribution >= 0.6 is 28.3 Å². The number of benzene rings is 1. The Morgan fingerprint density at radius 1 is 1.19 bits per heavy atom. The van der Waals surface area contributed by atoms with E-state index < -0.39 is 0 Å². The molecule has 4 nitrogen and oxygen atoms in total. The molecular formula is C15H18BrClN2O2. The molecule has 0 spiro atoms. The molecule has 2 rings (SSSR count). The maximum atomic E-state index is 12.4. The molecule has 1 amide bonds. The first-order valence-electron chi connectivity index (χ1n) is 6.49. The van der Waals surface area contributed by atoms with Crippen LogP contribution in [0, 0.1) is 0 Å². The summed E-state index contributed by atoms with van der Waals surface area (Å²) in [5.41, 5.74) is 6.63. The fourth-order valence-corrected chi connectivity index (χ4v) is 2.23. The number of nitrogens with two attached hydrogens (primary N) is 1. The number of nitrogens with zero attached hydrogens (tertiary/aromatic N) is 1. The third kappa shape index (κ3) is 5.19. The van der Waals surface area contributed by atoms with Crippen LogP contribution in [0.2, 0.25) is 0 Å². The molecule has 0 unspecified atom stereocenters. The monoisotopic (exact) mass is 372 g/mol. The number of furan rings is 1. The van der Waals surface area contributed by atoms with Gasteiger partial charge in [-0.05, 0) is 46.6 Å². The lowest BCUT2D eigenvalue weighted by molar-refractivity contribution is 0.0708. The average molecular weight is 374 g/mol. The second kappa shape index (κ2) is 8.87. The summed E-state index contributed by atoms with van der Waals surface area (Å²) in [4.78, 5) is 14.2. The molecule has 0 aliphatic heterocycles. The highest BCUT2D eigenvalue weighted by molar-refractivity contribution is 9.10. The Bertz CT molecular complexity index is 560. The number of halogens is 2. The Balaban J connectivity index is 0.00000220. The Hall–Kier alpha value is -1.30. The van der Waals surface area contributed by atoms with Crippen LogP contribution in [0.15, 0.2) is 51.6 Å². The molecule has 2 aromatic rings. The van der Waals surface area contributed by atoms with Crippen LogP contribution in [0.1, 0.15) is 22.5 Å². The molecule has 0 aliphatic carbocycles. The number of rotatable bonds is 6. The molecule has 0 saturated heterocycles. The molecule has 1 aromatic heterocycles. The van der Waals surface area contributed by atoms with Crippen LogP contribution < -0.4 is 5.73 Å². The lowest BCUT2D eigenvalue weighted by Gasteiger charge is -2.21. The summed E-state index contributed by atoms with van der Waals surface area (Å²) in [7, 11) is 0. The molecule has 114 valence electrons. The van der Waals surface area contributed by atoms with E-state index in [4.69, 9.17) is 10.2 Å². The van der Waals surface area contributed by atoms with E-state index >= 15 is 0 Å². The molecular weight excluding hydrogens is 356 g/mol. The maximum Gasteiger partial charge on any atom is 0.289 e. The van der Waals surface area contributed by atoms with Gasteiger partial charge in [-0.1, -0.05) is 30.3 Å². The summed E-state index contributed by atoms with van der Waals surface area (Å²) >= 11 is 3.21. The first-order chi connectivity index (χ1) is 9.70. The highest BCUT2D eigenvalue weighted by Gasteiger charge is 2.18. The molecule has 0 aliphatic rings. The van der Waals surface area contributed by atoms with Crippen molar-refractivity contribution in [3.05, 3.63) is 58.5 Å². The smallest absolute Gasteiger partial charge is 0.289 e. The minimum Gasteiger partial charge on any atom is -0.444 e. The van der Waals surface area contributed by atoms with E-state index in [-0.39, 0.29) is 18.3 Å². The van der Waals surface area contributed by atoms with Crippen molar-refractivity contribution in [3.8, 4) is 0 Å². The first-order valence-corrected chi connectivity index (χ1v) is 7.28. The second-order valence-electron chi connectivity index (χ2n) is 4.46. The van der Waals surface area contributed by atoms with Crippen LogP contribution in [0.25, 0.3) is 0 Å². The molecule has 0 radical (unpaired) electrons. The van der Waals surface area contributed by atoms with Gasteiger partial charge in [0.25, 0.3) is 5.91 Å². The van der Waals surface area contributed by atoms with Gasteiger partial charge in [0.15, 0.2) is 10.4 Å². The zero-order valence-corrected chi connectivity index (χ0v) is 13.9. The molecule has 21 heavy (non-hydrogen) atoms. The normalized spacial score (nSPS) is 10.0. The van der Waals surface area contributed by atoms with E-state index in [9.17, 15) is 4.79 Å². The lowest BCUT2D eigenvalue weighted by Crippen LogP contribution is -2.32. The van der Waals surface area contributed by atoms with Crippen molar-refractivity contribution in [2.75, 3.05) is 13.1 Å². The van der Waals surface area contributed by atoms with Crippen molar-refractivity contribution < 1.29 is 9.21 Å². The van der Waals surface area contributed by atoms with Gasteiger partial charge >= 0.3 is 0 Å². The number of carbonyl (C=O) groups excluding carboxylic acids is 1. The zero-order chi connectivity index (χ0) is 14.4. The Morgan fingerprint density at radius 2 is 1.90 bits per heavy atom. The van der Waals surface area contributed by atoms with Crippen molar-refractivity contribution in [2.45, 2.75) is 13.0 Å². The quantitative estimate of drug-likeness (QED) is 0.843. The summed E-state index contributed by atoms with van der Waals surface area (Å²) < 4.78 is 5.89. The average Bonchev–Trinajstić information content (AvgIpc) is 2.90. The van der Waals surface area contributed by atoms with Crippen molar-refractivity contribution in [1.82, 2.24) is 4.90 Å². The van der Waals surface area contributed by atoms with E-state index in [1.54, 1.807) is 17.0 Å². The van der Waals surface area contributed by atoms with E-state index in [1.807, 2.05) is 30.3 Å². The van der Waals surface area contributed by atoms with Crippen LogP contribution in [0.5, 0.6) is 0 Å². The standard InChI is InChI=1S/C15H17BrN2O2.ClH/c16-14-8-7-13(20-14)15(19)18(10-4-9-17)11-12-5-2-1-3-6-12;/h1-3,5-8H,4,9-11,17H2;1H. The molecule has 0 bridgehead atoms. The third-order valence-corrected chi connectivity index (χ3v) is 3.35. The molecule has 0 atom stereocenters. The molecule has 6 heteroatoms. The molecule has 1 heterocycles. The Labute approximate surface area is 138 Å². The molecule has 2 N–H and O–H groups in total. The van der Waals surface area contributed by atoms with Gasteiger partial charge in [-0.2, -0.15) is 0 Å². The lowest BCUT2D eigenvalue weighted by atomic mass is 10.2. The maximum absolute atomic E-state index is 12.4. The van der Waals surface area contributed by atoms with Gasteiger partial charge in [-0.3, -0.25) is 4.79 Å². The van der Waals surface area contributed by atoms with Gasteiger partial charge < -0.3 is 15.1 Å². The number of carbonyl (C=O) groups is 1. The zero-order valence-electron chi connectivity index (χ0n) is 11.5. The summed E-state index contributed by atoms with van der Waals surface area (Å²) in [6.07, 6.45) is 0.764. The van der Waals surface area contributed by atoms with Crippen molar-refractivity contribution in [3.63, 3.8) is 0 Å². The predicted molar refractivity (Wildman–Crippen MR) is 88.5 cm³/mol. The van der Waals surface area contributed by atoms with Crippen LogP contribution in [-0.4, -0.2) is 23.9 Å². The molecule has 0 fully saturated rings. The van der Waals surface area contributed by atoms with Crippen molar-refractivity contribution in [1.29, 1.82) is 0 Å². The summed E-state index contributed by atoms with van der Waals surface area (Å²) in [5, 5.41) is 0. The summed E-state index contributed by atoms with van der Waals surface area (Å²) in [6, 6.07) is 13.3. The molecule has 0 saturated carbocycles. The SMILES string of the molecule is Cl.NCCCN(Cc1ccccc1)C(=O)c1ccc(Br)o1. The Morgan fingerprint density at radius 3 is 2.48 bits per heavy atom. The first kappa shape index (κ1) is 17.8. The van der Waals surface area contributed by atoms with Gasteiger partial charge in [-0.25, -0.2) is 0 Å². The fraction of sp³-hybridized carbons (Fsp3) is 0.267. The number of hydrogen-bond donors (Lipinski definition) is 1. The Kier molecular flexibility index (Phi) is 7.50. The second-order valence-corrected chi connectivity index (χ2v) is 5.24. The van der Waals surface area contributed by atoms with Crippen molar-refractivity contribution in [2.24, 2.45) is 5.73 Å². The van der Waals surface area contributed by atoms with Gasteiger partial charge in [-0.15, -0.1) is 12.4 Å². The van der Waals surface area contributed by atoms with Gasteiger partial charge in [0, 0.05) is 13.1 Å². The van der Waals surface area contributed by atoms with Crippen molar-refractivity contribution >= 4 is 34.2 Å². The topological polar surface area (TPSA) is 59.5 Å². The van der Waals surface area contributed by atoms with Gasteiger partial charge in [0.1, 0.15) is 0 Å². The predicted octanol–water partition coefficient (Wildman–Crippen LogP) is 3.46. The highest BCUT2D eigenvalue weighted by atomic mass is 79.9. The fourth-order valence-electron chi connectivity index (χ4n) is 1.92. The van der Waals surface area contributed by atoms with Crippen LogP contribution in [-0.2, 0) is 6.54 Å². The number of amides is 1.